The molecule has 4 nitrogen and oxygen atoms in total. The van der Waals surface area contributed by atoms with E-state index in [1.165, 1.54) is 0 Å². The Labute approximate surface area is 128 Å². The standard InChI is InChI=1S/C16H17ClN2O2/c1-10-3-2-4-13(15(10)17)16(21)19-9-14(20)11-5-7-12(18)8-6-11/h2-8,14,20H,9,18H2,1H3,(H,19,21). The Morgan fingerprint density at radius 2 is 1.95 bits per heavy atom. The van der Waals surface area contributed by atoms with Crippen molar-refractivity contribution in [2.24, 2.45) is 0 Å². The smallest absolute Gasteiger partial charge is 0.252 e. The number of aryl methyl sites for hydroxylation is 1. The van der Waals surface area contributed by atoms with Crippen LogP contribution in [0.1, 0.15) is 27.6 Å². The predicted octanol–water partition coefficient (Wildman–Crippen LogP) is 2.69. The van der Waals surface area contributed by atoms with Crippen LogP contribution in [0.25, 0.3) is 0 Å². The van der Waals surface area contributed by atoms with Crippen molar-refractivity contribution in [2.75, 3.05) is 12.3 Å². The molecule has 0 aliphatic heterocycles. The molecule has 0 radical (unpaired) electrons. The zero-order valence-corrected chi connectivity index (χ0v) is 12.4. The summed E-state index contributed by atoms with van der Waals surface area (Å²) >= 11 is 6.10. The van der Waals surface area contributed by atoms with Gasteiger partial charge in [-0.25, -0.2) is 0 Å². The van der Waals surface area contributed by atoms with Gasteiger partial charge in [0.1, 0.15) is 0 Å². The van der Waals surface area contributed by atoms with Crippen molar-refractivity contribution in [3.63, 3.8) is 0 Å². The van der Waals surface area contributed by atoms with Gasteiger partial charge in [-0.2, -0.15) is 0 Å². The van der Waals surface area contributed by atoms with Gasteiger partial charge >= 0.3 is 0 Å². The monoisotopic (exact) mass is 304 g/mol. The molecule has 1 amide bonds. The largest absolute Gasteiger partial charge is 0.399 e. The molecule has 5 heteroatoms. The Hall–Kier alpha value is -2.04. The second kappa shape index (κ2) is 6.61. The van der Waals surface area contributed by atoms with Crippen molar-refractivity contribution >= 4 is 23.2 Å². The molecule has 4 N–H and O–H groups in total. The first kappa shape index (κ1) is 15.4. The first-order valence-electron chi connectivity index (χ1n) is 6.56. The minimum Gasteiger partial charge on any atom is -0.399 e. The summed E-state index contributed by atoms with van der Waals surface area (Å²) in [5.41, 5.74) is 8.15. The van der Waals surface area contributed by atoms with E-state index in [-0.39, 0.29) is 12.5 Å². The van der Waals surface area contributed by atoms with Crippen LogP contribution >= 0.6 is 11.6 Å². The van der Waals surface area contributed by atoms with Crippen molar-refractivity contribution in [2.45, 2.75) is 13.0 Å². The molecule has 0 fully saturated rings. The minimum absolute atomic E-state index is 0.104. The lowest BCUT2D eigenvalue weighted by atomic mass is 10.1. The van der Waals surface area contributed by atoms with Gasteiger partial charge < -0.3 is 16.2 Å². The van der Waals surface area contributed by atoms with E-state index in [1.54, 1.807) is 36.4 Å². The van der Waals surface area contributed by atoms with Crippen molar-refractivity contribution in [1.82, 2.24) is 5.32 Å². The number of nitrogen functional groups attached to an aromatic ring is 1. The number of carbonyl (C=O) groups excluding carboxylic acids is 1. The number of nitrogens with two attached hydrogens (primary N) is 1. The maximum Gasteiger partial charge on any atom is 0.252 e. The van der Waals surface area contributed by atoms with Gasteiger partial charge in [-0.05, 0) is 36.2 Å². The molecule has 2 aromatic rings. The molecule has 2 aromatic carbocycles. The molecule has 0 aromatic heterocycles. The number of aliphatic hydroxyl groups is 1. The van der Waals surface area contributed by atoms with E-state index in [1.807, 2.05) is 13.0 Å². The molecule has 1 atom stereocenters. The first-order chi connectivity index (χ1) is 9.99. The van der Waals surface area contributed by atoms with E-state index < -0.39 is 6.10 Å². The summed E-state index contributed by atoms with van der Waals surface area (Å²) in [6.45, 7) is 1.94. The zero-order valence-electron chi connectivity index (χ0n) is 11.6. The predicted molar refractivity (Wildman–Crippen MR) is 84.3 cm³/mol. The molecule has 1 unspecified atom stereocenters. The Morgan fingerprint density at radius 1 is 1.29 bits per heavy atom. The van der Waals surface area contributed by atoms with Crippen LogP contribution in [0, 0.1) is 6.92 Å². The van der Waals surface area contributed by atoms with Gasteiger partial charge in [0, 0.05) is 12.2 Å². The molecular formula is C16H17ClN2O2. The highest BCUT2D eigenvalue weighted by molar-refractivity contribution is 6.34. The van der Waals surface area contributed by atoms with Crippen molar-refractivity contribution in [3.05, 3.63) is 64.2 Å². The highest BCUT2D eigenvalue weighted by Crippen LogP contribution is 2.20. The molecule has 0 spiro atoms. The molecule has 110 valence electrons. The van der Waals surface area contributed by atoms with E-state index in [0.29, 0.717) is 21.8 Å². The third-order valence-corrected chi connectivity index (χ3v) is 3.72. The normalized spacial score (nSPS) is 12.0. The highest BCUT2D eigenvalue weighted by Gasteiger charge is 2.14. The molecular weight excluding hydrogens is 288 g/mol. The van der Waals surface area contributed by atoms with Crippen LogP contribution < -0.4 is 11.1 Å². The third-order valence-electron chi connectivity index (χ3n) is 3.21. The summed E-state index contributed by atoms with van der Waals surface area (Å²) in [5, 5.41) is 13.1. The molecule has 0 aliphatic carbocycles. The van der Waals surface area contributed by atoms with Crippen molar-refractivity contribution in [3.8, 4) is 0 Å². The van der Waals surface area contributed by atoms with Gasteiger partial charge in [-0.3, -0.25) is 4.79 Å². The Kier molecular flexibility index (Phi) is 4.83. The number of rotatable bonds is 4. The lowest BCUT2D eigenvalue weighted by molar-refractivity contribution is 0.0916. The van der Waals surface area contributed by atoms with Gasteiger partial charge in [-0.15, -0.1) is 0 Å². The quantitative estimate of drug-likeness (QED) is 0.760. The molecule has 0 heterocycles. The number of benzene rings is 2. The zero-order chi connectivity index (χ0) is 15.4. The number of aliphatic hydroxyl groups excluding tert-OH is 1. The van der Waals surface area contributed by atoms with Gasteiger partial charge in [0.25, 0.3) is 5.91 Å². The maximum absolute atomic E-state index is 12.1. The second-order valence-corrected chi connectivity index (χ2v) is 5.21. The van der Waals surface area contributed by atoms with Gasteiger partial charge in [0.15, 0.2) is 0 Å². The van der Waals surface area contributed by atoms with Crippen molar-refractivity contribution < 1.29 is 9.90 Å². The van der Waals surface area contributed by atoms with E-state index in [0.717, 1.165) is 5.56 Å². The SMILES string of the molecule is Cc1cccc(C(=O)NCC(O)c2ccc(N)cc2)c1Cl. The summed E-state index contributed by atoms with van der Waals surface area (Å²) in [6, 6.07) is 12.1. The number of halogens is 1. The van der Waals surface area contributed by atoms with Crippen LogP contribution in [-0.4, -0.2) is 17.6 Å². The summed E-state index contributed by atoms with van der Waals surface area (Å²) < 4.78 is 0. The summed E-state index contributed by atoms with van der Waals surface area (Å²) in [7, 11) is 0. The first-order valence-corrected chi connectivity index (χ1v) is 6.93. The topological polar surface area (TPSA) is 75.3 Å². The van der Waals surface area contributed by atoms with Gasteiger partial charge in [0.2, 0.25) is 0 Å². The van der Waals surface area contributed by atoms with E-state index in [2.05, 4.69) is 5.32 Å². The van der Waals surface area contributed by atoms with E-state index in [9.17, 15) is 9.90 Å². The van der Waals surface area contributed by atoms with E-state index in [4.69, 9.17) is 17.3 Å². The minimum atomic E-state index is -0.793. The van der Waals surface area contributed by atoms with Crippen LogP contribution in [0.3, 0.4) is 0 Å². The molecule has 0 aliphatic rings. The molecule has 0 bridgehead atoms. The lowest BCUT2D eigenvalue weighted by Crippen LogP contribution is -2.28. The highest BCUT2D eigenvalue weighted by atomic mass is 35.5. The Balaban J connectivity index is 2.00. The van der Waals surface area contributed by atoms with Crippen LogP contribution in [0.4, 0.5) is 5.69 Å². The number of amides is 1. The summed E-state index contributed by atoms with van der Waals surface area (Å²) in [5.74, 6) is -0.307. The number of nitrogens with one attached hydrogen (secondary N) is 1. The van der Waals surface area contributed by atoms with Gasteiger partial charge in [0.05, 0.1) is 16.7 Å². The van der Waals surface area contributed by atoms with Crippen LogP contribution in [0.5, 0.6) is 0 Å². The molecule has 0 saturated carbocycles. The number of hydrogen-bond acceptors (Lipinski definition) is 3. The lowest BCUT2D eigenvalue weighted by Gasteiger charge is -2.13. The molecule has 0 saturated heterocycles. The Morgan fingerprint density at radius 3 is 2.62 bits per heavy atom. The van der Waals surface area contributed by atoms with Crippen LogP contribution in [0.15, 0.2) is 42.5 Å². The number of hydrogen-bond donors (Lipinski definition) is 3. The Bertz CT molecular complexity index is 641. The van der Waals surface area contributed by atoms with Gasteiger partial charge in [-0.1, -0.05) is 35.9 Å². The fourth-order valence-corrected chi connectivity index (χ4v) is 2.16. The fraction of sp³-hybridized carbons (Fsp3) is 0.188. The fourth-order valence-electron chi connectivity index (χ4n) is 1.94. The summed E-state index contributed by atoms with van der Waals surface area (Å²) in [4.78, 5) is 12.1. The average Bonchev–Trinajstić information content (AvgIpc) is 2.48. The average molecular weight is 305 g/mol. The maximum atomic E-state index is 12.1. The second-order valence-electron chi connectivity index (χ2n) is 4.83. The molecule has 2 rings (SSSR count). The molecule has 21 heavy (non-hydrogen) atoms. The van der Waals surface area contributed by atoms with Crippen LogP contribution in [-0.2, 0) is 0 Å². The number of carbonyl (C=O) groups is 1. The summed E-state index contributed by atoms with van der Waals surface area (Å²) in [6.07, 6.45) is -0.793. The van der Waals surface area contributed by atoms with Crippen molar-refractivity contribution in [1.29, 1.82) is 0 Å². The third kappa shape index (κ3) is 3.74. The van der Waals surface area contributed by atoms with E-state index >= 15 is 0 Å². The van der Waals surface area contributed by atoms with Crippen LogP contribution in [0.2, 0.25) is 5.02 Å². The number of anilines is 1.